The fourth-order valence-corrected chi connectivity index (χ4v) is 5.86. The van der Waals surface area contributed by atoms with Crippen LogP contribution in [0.2, 0.25) is 10.0 Å². The highest BCUT2D eigenvalue weighted by Gasteiger charge is 2.40. The molecule has 8 nitrogen and oxygen atoms in total. The molecular weight excluding hydrogens is 575 g/mol. The van der Waals surface area contributed by atoms with Crippen molar-refractivity contribution in [3.8, 4) is 0 Å². The predicted molar refractivity (Wildman–Crippen MR) is 161 cm³/mol. The van der Waals surface area contributed by atoms with Crippen molar-refractivity contribution in [2.75, 3.05) is 6.54 Å². The summed E-state index contributed by atoms with van der Waals surface area (Å²) in [6, 6.07) is 20.0. The van der Waals surface area contributed by atoms with Crippen LogP contribution in [0.1, 0.15) is 29.5 Å². The molecule has 2 saturated heterocycles. The molecule has 0 unspecified atom stereocenters. The maximum absolute atomic E-state index is 13.9. The van der Waals surface area contributed by atoms with E-state index in [1.807, 2.05) is 60.7 Å². The maximum atomic E-state index is 13.9. The number of benzene rings is 3. The van der Waals surface area contributed by atoms with E-state index in [-0.39, 0.29) is 31.1 Å². The molecule has 2 aliphatic heterocycles. The van der Waals surface area contributed by atoms with E-state index in [4.69, 9.17) is 23.2 Å². The Morgan fingerprint density at radius 1 is 0.619 bits per heavy atom. The third-order valence-electron chi connectivity index (χ3n) is 7.71. The number of hydrogen-bond donors (Lipinski definition) is 3. The van der Waals surface area contributed by atoms with Gasteiger partial charge in [-0.15, -0.1) is 0 Å². The lowest BCUT2D eigenvalue weighted by Gasteiger charge is -2.32. The lowest BCUT2D eigenvalue weighted by Crippen LogP contribution is -2.62. The molecule has 0 radical (unpaired) electrons. The molecule has 10 heteroatoms. The predicted octanol–water partition coefficient (Wildman–Crippen LogP) is 3.48. The van der Waals surface area contributed by atoms with Gasteiger partial charge in [0.25, 0.3) is 0 Å². The van der Waals surface area contributed by atoms with E-state index in [0.29, 0.717) is 35.0 Å². The van der Waals surface area contributed by atoms with E-state index in [1.54, 1.807) is 18.2 Å². The second-order valence-corrected chi connectivity index (χ2v) is 11.5. The molecule has 42 heavy (non-hydrogen) atoms. The summed E-state index contributed by atoms with van der Waals surface area (Å²) in [5, 5.41) is 9.33. The summed E-state index contributed by atoms with van der Waals surface area (Å²) in [4.78, 5) is 56.6. The second kappa shape index (κ2) is 13.4. The Labute approximate surface area is 254 Å². The molecule has 0 aromatic heterocycles. The number of halogens is 2. The number of nitrogens with one attached hydrogen (secondary N) is 3. The minimum absolute atomic E-state index is 0.0963. The Hall–Kier alpha value is -3.88. The van der Waals surface area contributed by atoms with Gasteiger partial charge in [0.2, 0.25) is 23.6 Å². The maximum Gasteiger partial charge on any atom is 0.246 e. The van der Waals surface area contributed by atoms with Gasteiger partial charge in [-0.3, -0.25) is 19.2 Å². The molecule has 2 heterocycles. The summed E-state index contributed by atoms with van der Waals surface area (Å²) < 4.78 is 0. The fourth-order valence-electron chi connectivity index (χ4n) is 5.54. The van der Waals surface area contributed by atoms with Gasteiger partial charge in [0.1, 0.15) is 24.2 Å². The average Bonchev–Trinajstić information content (AvgIpc) is 3.48. The van der Waals surface area contributed by atoms with Gasteiger partial charge in [-0.05, 0) is 41.7 Å². The summed E-state index contributed by atoms with van der Waals surface area (Å²) in [6.45, 7) is 0.389. The van der Waals surface area contributed by atoms with Crippen molar-refractivity contribution in [3.05, 3.63) is 106 Å². The van der Waals surface area contributed by atoms with Crippen LogP contribution in [0.5, 0.6) is 0 Å². The van der Waals surface area contributed by atoms with Crippen LogP contribution >= 0.6 is 23.2 Å². The standard InChI is InChI=1S/C32H32Cl2N4O4/c33-23-14-13-22(16-24(23)34)19-26-30(40)37-27(18-21-10-5-2-6-11-21)32(42)38-15-7-12-28(38)31(41)36-25(29(39)35-26)17-20-8-3-1-4-9-20/h1-6,8-11,13-14,16,25-28H,7,12,15,17-19H2,(H,35,39)(H,36,41)(H,37,40)/t25-,26+,27-,28+/m0/s1. The van der Waals surface area contributed by atoms with E-state index < -0.39 is 36.0 Å². The fraction of sp³-hybridized carbons (Fsp3) is 0.312. The normalized spacial score (nSPS) is 23.2. The van der Waals surface area contributed by atoms with Gasteiger partial charge in [-0.2, -0.15) is 0 Å². The summed E-state index contributed by atoms with van der Waals surface area (Å²) in [5.41, 5.74) is 2.38. The molecule has 2 aliphatic rings. The van der Waals surface area contributed by atoms with Crippen molar-refractivity contribution in [1.82, 2.24) is 20.9 Å². The van der Waals surface area contributed by atoms with E-state index >= 15 is 0 Å². The third kappa shape index (κ3) is 7.12. The number of carbonyl (C=O) groups is 4. The number of nitrogens with zero attached hydrogens (tertiary/aromatic N) is 1. The molecule has 4 atom stereocenters. The number of hydrogen-bond acceptors (Lipinski definition) is 4. The lowest BCUT2D eigenvalue weighted by molar-refractivity contribution is -0.143. The molecule has 0 bridgehead atoms. The Morgan fingerprint density at radius 3 is 1.74 bits per heavy atom. The van der Waals surface area contributed by atoms with Gasteiger partial charge in [0, 0.05) is 25.8 Å². The van der Waals surface area contributed by atoms with Crippen molar-refractivity contribution < 1.29 is 19.2 Å². The van der Waals surface area contributed by atoms with Gasteiger partial charge in [-0.1, -0.05) is 89.9 Å². The highest BCUT2D eigenvalue weighted by molar-refractivity contribution is 6.42. The third-order valence-corrected chi connectivity index (χ3v) is 8.45. The smallest absolute Gasteiger partial charge is 0.246 e. The zero-order valence-corrected chi connectivity index (χ0v) is 24.4. The van der Waals surface area contributed by atoms with Gasteiger partial charge in [0.05, 0.1) is 10.0 Å². The van der Waals surface area contributed by atoms with Crippen LogP contribution in [0.25, 0.3) is 0 Å². The van der Waals surface area contributed by atoms with Gasteiger partial charge in [0.15, 0.2) is 0 Å². The van der Waals surface area contributed by atoms with Crippen LogP contribution in [0.15, 0.2) is 78.9 Å². The molecular formula is C32H32Cl2N4O4. The van der Waals surface area contributed by atoms with Crippen LogP contribution in [0.4, 0.5) is 0 Å². The van der Waals surface area contributed by atoms with E-state index in [2.05, 4.69) is 16.0 Å². The molecule has 5 rings (SSSR count). The molecule has 0 spiro atoms. The first-order chi connectivity index (χ1) is 20.3. The highest BCUT2D eigenvalue weighted by Crippen LogP contribution is 2.24. The molecule has 3 aromatic rings. The van der Waals surface area contributed by atoms with Crippen LogP contribution in [0, 0.1) is 0 Å². The van der Waals surface area contributed by atoms with Crippen LogP contribution in [-0.4, -0.2) is 59.2 Å². The van der Waals surface area contributed by atoms with Crippen molar-refractivity contribution in [3.63, 3.8) is 0 Å². The van der Waals surface area contributed by atoms with Crippen molar-refractivity contribution >= 4 is 46.8 Å². The van der Waals surface area contributed by atoms with Crippen LogP contribution < -0.4 is 16.0 Å². The van der Waals surface area contributed by atoms with E-state index in [0.717, 1.165) is 11.1 Å². The van der Waals surface area contributed by atoms with E-state index in [9.17, 15) is 19.2 Å². The summed E-state index contributed by atoms with van der Waals surface area (Å²) in [7, 11) is 0. The van der Waals surface area contributed by atoms with Crippen molar-refractivity contribution in [2.45, 2.75) is 56.3 Å². The first-order valence-electron chi connectivity index (χ1n) is 14.0. The van der Waals surface area contributed by atoms with Gasteiger partial charge < -0.3 is 20.9 Å². The lowest BCUT2D eigenvalue weighted by atomic mass is 9.99. The molecule has 0 aliphatic carbocycles. The zero-order chi connectivity index (χ0) is 29.6. The van der Waals surface area contributed by atoms with Crippen LogP contribution in [-0.2, 0) is 38.4 Å². The molecule has 2 fully saturated rings. The molecule has 218 valence electrons. The Bertz CT molecular complexity index is 1450. The topological polar surface area (TPSA) is 108 Å². The second-order valence-electron chi connectivity index (χ2n) is 10.7. The minimum atomic E-state index is -1.05. The van der Waals surface area contributed by atoms with E-state index in [1.165, 1.54) is 4.90 Å². The number of carbonyl (C=O) groups excluding carboxylic acids is 4. The molecule has 0 saturated carbocycles. The summed E-state index contributed by atoms with van der Waals surface area (Å²) >= 11 is 12.3. The molecule has 3 aromatic carbocycles. The van der Waals surface area contributed by atoms with Gasteiger partial charge in [-0.25, -0.2) is 0 Å². The summed E-state index contributed by atoms with van der Waals surface area (Å²) in [6.07, 6.45) is 1.67. The quantitative estimate of drug-likeness (QED) is 0.399. The first-order valence-corrected chi connectivity index (χ1v) is 14.8. The zero-order valence-electron chi connectivity index (χ0n) is 22.9. The highest BCUT2D eigenvalue weighted by atomic mass is 35.5. The number of rotatable bonds is 6. The minimum Gasteiger partial charge on any atom is -0.342 e. The average molecular weight is 608 g/mol. The Morgan fingerprint density at radius 2 is 1.14 bits per heavy atom. The largest absolute Gasteiger partial charge is 0.342 e. The Kier molecular flexibility index (Phi) is 9.45. The van der Waals surface area contributed by atoms with Crippen LogP contribution in [0.3, 0.4) is 0 Å². The van der Waals surface area contributed by atoms with Gasteiger partial charge >= 0.3 is 0 Å². The monoisotopic (exact) mass is 606 g/mol. The SMILES string of the molecule is O=C1N[C@H](Cc2ccc(Cl)c(Cl)c2)C(=O)N[C@@H](Cc2ccccc2)C(=O)N2CCC[C@@H]2C(=O)N[C@H]1Cc1ccccc1. The number of fused-ring (bicyclic) bond motifs is 1. The summed E-state index contributed by atoms with van der Waals surface area (Å²) in [5.74, 6) is -1.72. The first kappa shape index (κ1) is 29.6. The number of amides is 4. The molecule has 3 N–H and O–H groups in total. The molecule has 4 amide bonds. The van der Waals surface area contributed by atoms with Crippen molar-refractivity contribution in [2.24, 2.45) is 0 Å². The Balaban J connectivity index is 1.50. The van der Waals surface area contributed by atoms with Crippen molar-refractivity contribution in [1.29, 1.82) is 0 Å².